The van der Waals surface area contributed by atoms with Gasteiger partial charge >= 0.3 is 0 Å². The van der Waals surface area contributed by atoms with Crippen molar-refractivity contribution in [3.8, 4) is 11.5 Å². The average molecular weight is 310 g/mol. The number of benzene rings is 2. The molecule has 0 spiro atoms. The van der Waals surface area contributed by atoms with Gasteiger partial charge in [-0.15, -0.1) is 0 Å². The first-order chi connectivity index (χ1) is 11.2. The van der Waals surface area contributed by atoms with Crippen LogP contribution < -0.4 is 20.3 Å². The first-order valence-electron chi connectivity index (χ1n) is 7.28. The summed E-state index contributed by atoms with van der Waals surface area (Å²) < 4.78 is 10.5. The maximum absolute atomic E-state index is 12.2. The number of ether oxygens (including phenoxy) is 2. The highest BCUT2D eigenvalue weighted by Gasteiger charge is 2.06. The van der Waals surface area contributed by atoms with E-state index in [0.29, 0.717) is 17.9 Å². The van der Waals surface area contributed by atoms with Crippen LogP contribution in [-0.2, 0) is 6.54 Å². The van der Waals surface area contributed by atoms with Gasteiger partial charge in [0.15, 0.2) is 0 Å². The molecule has 0 amide bonds. The van der Waals surface area contributed by atoms with Crippen LogP contribution in [0.2, 0.25) is 0 Å². The summed E-state index contributed by atoms with van der Waals surface area (Å²) in [6.45, 7) is 0.414. The first kappa shape index (κ1) is 15.0. The molecule has 0 atom stereocenters. The van der Waals surface area contributed by atoms with E-state index in [4.69, 9.17) is 9.47 Å². The van der Waals surface area contributed by atoms with Gasteiger partial charge in [-0.25, -0.2) is 0 Å². The monoisotopic (exact) mass is 310 g/mol. The molecule has 0 unspecified atom stereocenters. The van der Waals surface area contributed by atoms with E-state index in [2.05, 4.69) is 10.3 Å². The molecule has 0 bridgehead atoms. The van der Waals surface area contributed by atoms with Crippen molar-refractivity contribution in [2.24, 2.45) is 0 Å². The zero-order valence-electron chi connectivity index (χ0n) is 13.1. The predicted molar refractivity (Wildman–Crippen MR) is 91.4 cm³/mol. The van der Waals surface area contributed by atoms with Crippen LogP contribution in [0.4, 0.5) is 5.69 Å². The van der Waals surface area contributed by atoms with E-state index in [1.54, 1.807) is 14.2 Å². The third-order valence-corrected chi connectivity index (χ3v) is 3.71. The second-order valence-corrected chi connectivity index (χ2v) is 5.13. The average Bonchev–Trinajstić information content (AvgIpc) is 2.59. The molecule has 2 aromatic carbocycles. The van der Waals surface area contributed by atoms with E-state index in [9.17, 15) is 4.79 Å². The quantitative estimate of drug-likeness (QED) is 0.760. The number of pyridine rings is 1. The normalized spacial score (nSPS) is 10.5. The highest BCUT2D eigenvalue weighted by molar-refractivity contribution is 5.80. The van der Waals surface area contributed by atoms with Crippen molar-refractivity contribution < 1.29 is 9.47 Å². The number of aromatic nitrogens is 1. The second-order valence-electron chi connectivity index (χ2n) is 5.13. The maximum Gasteiger partial charge on any atom is 0.253 e. The van der Waals surface area contributed by atoms with Crippen LogP contribution in [0.15, 0.2) is 53.3 Å². The van der Waals surface area contributed by atoms with Gasteiger partial charge in [-0.3, -0.25) is 4.79 Å². The highest BCUT2D eigenvalue weighted by atomic mass is 16.5. The molecular formula is C18H18N2O3. The fourth-order valence-corrected chi connectivity index (χ4v) is 2.46. The fraction of sp³-hybridized carbons (Fsp3) is 0.167. The standard InChI is InChI=1S/C18H18N2O3/c1-22-14-8-7-12-9-13(18(21)20-16(12)10-14)11-19-15-5-3-4-6-17(15)23-2/h3-10,19H,11H2,1-2H3,(H,20,21). The lowest BCUT2D eigenvalue weighted by molar-refractivity contribution is 0.415. The van der Waals surface area contributed by atoms with Crippen molar-refractivity contribution in [3.05, 3.63) is 64.4 Å². The molecule has 0 aliphatic carbocycles. The van der Waals surface area contributed by atoms with Crippen LogP contribution in [0, 0.1) is 0 Å². The van der Waals surface area contributed by atoms with Gasteiger partial charge < -0.3 is 19.8 Å². The van der Waals surface area contributed by atoms with E-state index in [1.165, 1.54) is 0 Å². The molecule has 1 heterocycles. The van der Waals surface area contributed by atoms with E-state index in [1.807, 2.05) is 48.5 Å². The molecule has 3 rings (SSSR count). The number of fused-ring (bicyclic) bond motifs is 1. The Bertz CT molecular complexity index is 887. The number of anilines is 1. The van der Waals surface area contributed by atoms with Gasteiger partial charge in [0.05, 0.1) is 25.4 Å². The Labute approximate surface area is 133 Å². The topological polar surface area (TPSA) is 63.4 Å². The molecule has 0 radical (unpaired) electrons. The number of para-hydroxylation sites is 2. The molecule has 3 aromatic rings. The van der Waals surface area contributed by atoms with Gasteiger partial charge in [0.25, 0.3) is 5.56 Å². The molecule has 0 saturated carbocycles. The lowest BCUT2D eigenvalue weighted by atomic mass is 10.1. The Morgan fingerprint density at radius 2 is 1.87 bits per heavy atom. The van der Waals surface area contributed by atoms with Gasteiger partial charge in [0, 0.05) is 18.2 Å². The molecule has 5 heteroatoms. The zero-order valence-corrected chi connectivity index (χ0v) is 13.1. The minimum atomic E-state index is -0.117. The maximum atomic E-state index is 12.2. The van der Waals surface area contributed by atoms with Crippen molar-refractivity contribution in [1.29, 1.82) is 0 Å². The Morgan fingerprint density at radius 3 is 2.65 bits per heavy atom. The molecule has 0 aliphatic heterocycles. The van der Waals surface area contributed by atoms with Crippen LogP contribution in [0.3, 0.4) is 0 Å². The molecule has 1 aromatic heterocycles. The largest absolute Gasteiger partial charge is 0.497 e. The van der Waals surface area contributed by atoms with Crippen LogP contribution in [0.25, 0.3) is 10.9 Å². The number of rotatable bonds is 5. The summed E-state index contributed by atoms with van der Waals surface area (Å²) in [5.74, 6) is 1.46. The van der Waals surface area contributed by atoms with Gasteiger partial charge in [0.1, 0.15) is 11.5 Å². The van der Waals surface area contributed by atoms with Gasteiger partial charge in [-0.2, -0.15) is 0 Å². The number of aromatic amines is 1. The number of nitrogens with one attached hydrogen (secondary N) is 2. The molecule has 23 heavy (non-hydrogen) atoms. The van der Waals surface area contributed by atoms with Crippen molar-refractivity contribution in [1.82, 2.24) is 4.98 Å². The summed E-state index contributed by atoms with van der Waals surface area (Å²) in [6, 6.07) is 15.1. The van der Waals surface area contributed by atoms with Gasteiger partial charge in [-0.05, 0) is 35.7 Å². The van der Waals surface area contributed by atoms with Crippen LogP contribution in [0.5, 0.6) is 11.5 Å². The van der Waals surface area contributed by atoms with Crippen LogP contribution in [-0.4, -0.2) is 19.2 Å². The van der Waals surface area contributed by atoms with Crippen LogP contribution >= 0.6 is 0 Å². The SMILES string of the molecule is COc1ccc2cc(CNc3ccccc3OC)c(=O)[nH]c2c1. The first-order valence-corrected chi connectivity index (χ1v) is 7.28. The molecule has 5 nitrogen and oxygen atoms in total. The Balaban J connectivity index is 1.88. The molecule has 0 aliphatic rings. The number of H-pyrrole nitrogens is 1. The number of hydrogen-bond donors (Lipinski definition) is 2. The van der Waals surface area contributed by atoms with Gasteiger partial charge in [0.2, 0.25) is 0 Å². The van der Waals surface area contributed by atoms with E-state index in [0.717, 1.165) is 22.3 Å². The highest BCUT2D eigenvalue weighted by Crippen LogP contribution is 2.24. The smallest absolute Gasteiger partial charge is 0.253 e. The van der Waals surface area contributed by atoms with E-state index < -0.39 is 0 Å². The minimum Gasteiger partial charge on any atom is -0.497 e. The summed E-state index contributed by atoms with van der Waals surface area (Å²) >= 11 is 0. The van der Waals surface area contributed by atoms with Gasteiger partial charge in [-0.1, -0.05) is 12.1 Å². The third-order valence-electron chi connectivity index (χ3n) is 3.71. The third kappa shape index (κ3) is 3.13. The minimum absolute atomic E-state index is 0.117. The Kier molecular flexibility index (Phi) is 4.19. The van der Waals surface area contributed by atoms with Crippen molar-refractivity contribution in [2.45, 2.75) is 6.54 Å². The number of methoxy groups -OCH3 is 2. The summed E-state index contributed by atoms with van der Waals surface area (Å²) in [4.78, 5) is 15.1. The Morgan fingerprint density at radius 1 is 1.04 bits per heavy atom. The van der Waals surface area contributed by atoms with Crippen molar-refractivity contribution >= 4 is 16.6 Å². The van der Waals surface area contributed by atoms with E-state index in [-0.39, 0.29) is 5.56 Å². The second kappa shape index (κ2) is 6.44. The molecule has 118 valence electrons. The van der Waals surface area contributed by atoms with Crippen LogP contribution in [0.1, 0.15) is 5.56 Å². The lowest BCUT2D eigenvalue weighted by Gasteiger charge is -2.11. The molecule has 0 fully saturated rings. The summed E-state index contributed by atoms with van der Waals surface area (Å²) in [5.41, 5.74) is 2.15. The predicted octanol–water partition coefficient (Wildman–Crippen LogP) is 3.16. The number of hydrogen-bond acceptors (Lipinski definition) is 4. The van der Waals surface area contributed by atoms with E-state index >= 15 is 0 Å². The summed E-state index contributed by atoms with van der Waals surface area (Å²) in [7, 11) is 3.22. The molecular weight excluding hydrogens is 292 g/mol. The lowest BCUT2D eigenvalue weighted by Crippen LogP contribution is -2.15. The van der Waals surface area contributed by atoms with Crippen molar-refractivity contribution in [2.75, 3.05) is 19.5 Å². The zero-order chi connectivity index (χ0) is 16.2. The molecule has 2 N–H and O–H groups in total. The summed E-state index contributed by atoms with van der Waals surface area (Å²) in [5, 5.41) is 4.20. The fourth-order valence-electron chi connectivity index (χ4n) is 2.46. The van der Waals surface area contributed by atoms with Crippen molar-refractivity contribution in [3.63, 3.8) is 0 Å². The summed E-state index contributed by atoms with van der Waals surface area (Å²) in [6.07, 6.45) is 0. The Hall–Kier alpha value is -2.95. The molecule has 0 saturated heterocycles.